The topological polar surface area (TPSA) is 176 Å². The highest BCUT2D eigenvalue weighted by Crippen LogP contribution is 2.25. The number of aliphatic carboxylic acids is 1. The molecule has 0 bridgehead atoms. The number of hydrogen-bond acceptors (Lipinski definition) is 5. The number of carbonyl (C=O) groups is 1. The quantitative estimate of drug-likeness (QED) is 0.0869. The third-order valence-corrected chi connectivity index (χ3v) is 3.65. The van der Waals surface area contributed by atoms with Crippen LogP contribution >= 0.6 is 7.82 Å². The average Bonchev–Trinajstić information content (AvgIpc) is 2.56. The first-order chi connectivity index (χ1) is 13.5. The third kappa shape index (κ3) is 65.8. The Bertz CT molecular complexity index is 403. The number of rotatable bonds is 15. The molecule has 0 aromatic rings. The zero-order valence-corrected chi connectivity index (χ0v) is 18.4. The molecule has 7 N–H and O–H groups in total. The molecule has 29 heavy (non-hydrogen) atoms. The fourth-order valence-corrected chi connectivity index (χ4v) is 2.35. The van der Waals surface area contributed by atoms with Crippen LogP contribution in [-0.2, 0) is 9.36 Å². The van der Waals surface area contributed by atoms with Gasteiger partial charge in [-0.25, -0.2) is 4.57 Å². The molecule has 0 amide bonds. The molecule has 0 fully saturated rings. The molecule has 0 aliphatic rings. The Balaban J connectivity index is -0.000000623. The first-order valence-electron chi connectivity index (χ1n) is 10.2. The smallest absolute Gasteiger partial charge is 0.481 e. The number of phosphoric acid groups is 1. The molecule has 0 saturated heterocycles. The van der Waals surface area contributed by atoms with E-state index in [1.54, 1.807) is 0 Å². The maximum absolute atomic E-state index is 10.3. The normalized spacial score (nSPS) is 10.7. The van der Waals surface area contributed by atoms with Crippen molar-refractivity contribution in [3.05, 3.63) is 12.2 Å². The molecule has 0 unspecified atom stereocenters. The van der Waals surface area contributed by atoms with Crippen molar-refractivity contribution in [3.8, 4) is 0 Å². The van der Waals surface area contributed by atoms with E-state index in [1.165, 1.54) is 70.6 Å². The molecule has 0 spiro atoms. The van der Waals surface area contributed by atoms with Gasteiger partial charge in [0, 0.05) is 6.42 Å². The van der Waals surface area contributed by atoms with Gasteiger partial charge in [-0.3, -0.25) is 4.79 Å². The summed E-state index contributed by atoms with van der Waals surface area (Å²) >= 11 is 0. The van der Waals surface area contributed by atoms with Crippen molar-refractivity contribution < 1.29 is 44.2 Å². The van der Waals surface area contributed by atoms with Crippen molar-refractivity contribution >= 4 is 21.1 Å². The maximum atomic E-state index is 10.3. The summed E-state index contributed by atoms with van der Waals surface area (Å²) < 4.78 is 8.88. The molecule has 0 radical (unpaired) electrons. The van der Waals surface area contributed by atoms with Gasteiger partial charge in [-0.2, -0.15) is 0 Å². The summed E-state index contributed by atoms with van der Waals surface area (Å²) in [7, 11) is -6.81. The van der Waals surface area contributed by atoms with E-state index < -0.39 is 21.1 Å². The molecular formula is C18H40BO9P. The van der Waals surface area contributed by atoms with Gasteiger partial charge in [-0.05, 0) is 32.1 Å². The minimum absolute atomic E-state index is 0.332. The predicted molar refractivity (Wildman–Crippen MR) is 114 cm³/mol. The van der Waals surface area contributed by atoms with Crippen LogP contribution in [0.1, 0.15) is 96.8 Å². The Morgan fingerprint density at radius 2 is 1.07 bits per heavy atom. The van der Waals surface area contributed by atoms with Gasteiger partial charge in [0.05, 0.1) is 0 Å². The van der Waals surface area contributed by atoms with Gasteiger partial charge < -0.3 is 34.9 Å². The van der Waals surface area contributed by atoms with Gasteiger partial charge in [0.2, 0.25) is 0 Å². The molecule has 0 aliphatic carbocycles. The second kappa shape index (κ2) is 25.3. The number of unbranched alkanes of at least 4 members (excludes halogenated alkanes) is 11. The van der Waals surface area contributed by atoms with E-state index in [-0.39, 0.29) is 0 Å². The van der Waals surface area contributed by atoms with Crippen LogP contribution in [0, 0.1) is 0 Å². The summed E-state index contributed by atoms with van der Waals surface area (Å²) in [4.78, 5) is 31.9. The van der Waals surface area contributed by atoms with Crippen molar-refractivity contribution in [1.82, 2.24) is 0 Å². The third-order valence-electron chi connectivity index (χ3n) is 3.65. The summed E-state index contributed by atoms with van der Waals surface area (Å²) in [6.07, 6.45) is 21.2. The highest BCUT2D eigenvalue weighted by molar-refractivity contribution is 7.45. The van der Waals surface area contributed by atoms with E-state index in [0.29, 0.717) is 6.42 Å². The number of carboxylic acids is 1. The average molecular weight is 442 g/mol. The van der Waals surface area contributed by atoms with Crippen LogP contribution in [0.5, 0.6) is 0 Å². The summed E-state index contributed by atoms with van der Waals surface area (Å²) in [5.41, 5.74) is 0. The summed E-state index contributed by atoms with van der Waals surface area (Å²) in [6, 6.07) is 0. The van der Waals surface area contributed by atoms with Gasteiger partial charge in [-0.1, -0.05) is 70.4 Å². The van der Waals surface area contributed by atoms with Gasteiger partial charge in [-0.15, -0.1) is 0 Å². The molecule has 11 heteroatoms. The van der Waals surface area contributed by atoms with E-state index >= 15 is 0 Å². The molecule has 0 rings (SSSR count). The lowest BCUT2D eigenvalue weighted by Crippen LogP contribution is -2.07. The maximum Gasteiger partial charge on any atom is 0.631 e. The highest BCUT2D eigenvalue weighted by Gasteiger charge is 2.00. The summed E-state index contributed by atoms with van der Waals surface area (Å²) in [5.74, 6) is -0.664. The summed E-state index contributed by atoms with van der Waals surface area (Å²) in [6.45, 7) is 2.26. The monoisotopic (exact) mass is 442 g/mol. The van der Waals surface area contributed by atoms with Crippen LogP contribution in [0.25, 0.3) is 0 Å². The van der Waals surface area contributed by atoms with Crippen molar-refractivity contribution in [3.63, 3.8) is 0 Å². The van der Waals surface area contributed by atoms with Crippen LogP contribution in [0.4, 0.5) is 0 Å². The van der Waals surface area contributed by atoms with Crippen molar-refractivity contribution in [1.29, 1.82) is 0 Å². The van der Waals surface area contributed by atoms with Crippen LogP contribution in [0.3, 0.4) is 0 Å². The molecule has 0 aliphatic heterocycles. The molecule has 0 aromatic heterocycles. The van der Waals surface area contributed by atoms with Crippen molar-refractivity contribution in [2.24, 2.45) is 0 Å². The lowest BCUT2D eigenvalue weighted by Gasteiger charge is -1.99. The molecule has 0 atom stereocenters. The Kier molecular flexibility index (Phi) is 28.7. The van der Waals surface area contributed by atoms with E-state index in [4.69, 9.17) is 39.4 Å². The fraction of sp³-hybridized carbons (Fsp3) is 0.833. The largest absolute Gasteiger partial charge is 0.631 e. The second-order valence-electron chi connectivity index (χ2n) is 6.59. The Morgan fingerprint density at radius 3 is 1.41 bits per heavy atom. The standard InChI is InChI=1S/C18H34O2.BH3O3.H3O4P/c1-2-3-4-5-6-7-8-9-10-11-12-13-14-15-16-17-18(19)20;2-1(3)4;1-5(2,3)4/h9-10H,2-8,11-17H2,1H3,(H,19,20);2-4H;(H3,1,2,3,4)/b10-9-;;. The lowest BCUT2D eigenvalue weighted by atomic mass is 10.1. The van der Waals surface area contributed by atoms with Gasteiger partial charge in [0.15, 0.2) is 0 Å². The molecule has 174 valence electrons. The Morgan fingerprint density at radius 1 is 0.759 bits per heavy atom. The highest BCUT2D eigenvalue weighted by atomic mass is 31.2. The second-order valence-corrected chi connectivity index (χ2v) is 7.61. The van der Waals surface area contributed by atoms with Gasteiger partial charge in [0.1, 0.15) is 0 Å². The van der Waals surface area contributed by atoms with Crippen LogP contribution in [0.2, 0.25) is 0 Å². The Labute approximate surface area is 174 Å². The predicted octanol–water partition coefficient (Wildman–Crippen LogP) is 3.13. The number of carboxylic acid groups (broad SMARTS) is 1. The first kappa shape index (κ1) is 32.9. The van der Waals surface area contributed by atoms with Crippen LogP contribution in [0.15, 0.2) is 12.2 Å². The van der Waals surface area contributed by atoms with Crippen molar-refractivity contribution in [2.45, 2.75) is 96.8 Å². The zero-order valence-electron chi connectivity index (χ0n) is 17.5. The zero-order chi connectivity index (χ0) is 23.0. The Hall–Kier alpha value is -0.735. The fourth-order valence-electron chi connectivity index (χ4n) is 2.35. The SMILES string of the molecule is CCCCCCCC/C=C\CCCCCCCC(=O)O.O=P(O)(O)O.OB(O)O. The minimum atomic E-state index is -4.64. The van der Waals surface area contributed by atoms with E-state index in [2.05, 4.69) is 19.1 Å². The molecule has 0 heterocycles. The van der Waals surface area contributed by atoms with Crippen LogP contribution in [-0.4, -0.2) is 48.1 Å². The van der Waals surface area contributed by atoms with Gasteiger partial charge in [0.25, 0.3) is 0 Å². The lowest BCUT2D eigenvalue weighted by molar-refractivity contribution is -0.137. The molecule has 9 nitrogen and oxygen atoms in total. The molecule has 0 saturated carbocycles. The first-order valence-corrected chi connectivity index (χ1v) is 11.8. The van der Waals surface area contributed by atoms with E-state index in [9.17, 15) is 4.79 Å². The van der Waals surface area contributed by atoms with Gasteiger partial charge >= 0.3 is 21.1 Å². The van der Waals surface area contributed by atoms with E-state index in [0.717, 1.165) is 12.8 Å². The molecular weight excluding hydrogens is 402 g/mol. The summed E-state index contributed by atoms with van der Waals surface area (Å²) in [5, 5.41) is 30.0. The van der Waals surface area contributed by atoms with Crippen LogP contribution < -0.4 is 0 Å². The number of hydrogen-bond donors (Lipinski definition) is 7. The minimum Gasteiger partial charge on any atom is -0.481 e. The number of allylic oxidation sites excluding steroid dienone is 2. The van der Waals surface area contributed by atoms with E-state index in [1.807, 2.05) is 0 Å². The molecule has 0 aromatic carbocycles. The van der Waals surface area contributed by atoms with Crippen molar-refractivity contribution in [2.75, 3.05) is 0 Å².